The predicted octanol–water partition coefficient (Wildman–Crippen LogP) is 4.49. The zero-order valence-electron chi connectivity index (χ0n) is 18.9. The standard InChI is InChI=1S/C22H25ClF3N5O2S/c1-30(2)12-6-11-27-21-16-7-4-5-8-18(16)28-20(29-21)14-31(3)34(32,33)19-10-9-15(13-17(19)23)22(24,25)26/h4-5,7-10,13H,6,11-12,14H2,1-3H3,(H,27,28,29). The lowest BCUT2D eigenvalue weighted by atomic mass is 10.2. The molecule has 0 aliphatic carbocycles. The van der Waals surface area contributed by atoms with E-state index in [2.05, 4.69) is 20.2 Å². The number of benzene rings is 2. The quantitative estimate of drug-likeness (QED) is 0.423. The number of anilines is 1. The van der Waals surface area contributed by atoms with Crippen molar-refractivity contribution in [3.8, 4) is 0 Å². The summed E-state index contributed by atoms with van der Waals surface area (Å²) in [7, 11) is 1.07. The maximum Gasteiger partial charge on any atom is 0.416 e. The molecule has 0 aliphatic rings. The number of aromatic nitrogens is 2. The molecule has 0 spiro atoms. The monoisotopic (exact) mass is 515 g/mol. The van der Waals surface area contributed by atoms with Gasteiger partial charge in [-0.1, -0.05) is 23.7 Å². The largest absolute Gasteiger partial charge is 0.416 e. The fourth-order valence-corrected chi connectivity index (χ4v) is 4.91. The van der Waals surface area contributed by atoms with Crippen molar-refractivity contribution in [3.05, 3.63) is 58.9 Å². The Morgan fingerprint density at radius 1 is 1.06 bits per heavy atom. The van der Waals surface area contributed by atoms with Gasteiger partial charge < -0.3 is 10.2 Å². The van der Waals surface area contributed by atoms with Crippen molar-refractivity contribution in [2.75, 3.05) is 39.5 Å². The van der Waals surface area contributed by atoms with Crippen LogP contribution < -0.4 is 5.32 Å². The van der Waals surface area contributed by atoms with Gasteiger partial charge in [0.05, 0.1) is 22.6 Å². The van der Waals surface area contributed by atoms with Crippen LogP contribution in [0.25, 0.3) is 10.9 Å². The maximum atomic E-state index is 13.0. The number of rotatable bonds is 9. The van der Waals surface area contributed by atoms with Crippen LogP contribution in [0.4, 0.5) is 19.0 Å². The molecular weight excluding hydrogens is 491 g/mol. The first-order valence-corrected chi connectivity index (χ1v) is 12.2. The lowest BCUT2D eigenvalue weighted by Crippen LogP contribution is -2.28. The van der Waals surface area contributed by atoms with E-state index in [1.54, 1.807) is 6.07 Å². The Bertz CT molecular complexity index is 1270. The van der Waals surface area contributed by atoms with Crippen molar-refractivity contribution >= 4 is 38.3 Å². The Balaban J connectivity index is 1.86. The van der Waals surface area contributed by atoms with Gasteiger partial charge >= 0.3 is 6.18 Å². The van der Waals surface area contributed by atoms with E-state index in [4.69, 9.17) is 11.6 Å². The summed E-state index contributed by atoms with van der Waals surface area (Å²) in [6.07, 6.45) is -3.76. The molecule has 2 aromatic carbocycles. The molecule has 0 unspecified atom stereocenters. The summed E-state index contributed by atoms with van der Waals surface area (Å²) in [6, 6.07) is 9.49. The van der Waals surface area contributed by atoms with Crippen molar-refractivity contribution in [3.63, 3.8) is 0 Å². The fraction of sp³-hybridized carbons (Fsp3) is 0.364. The first kappa shape index (κ1) is 26.1. The number of nitrogens with one attached hydrogen (secondary N) is 1. The summed E-state index contributed by atoms with van der Waals surface area (Å²) < 4.78 is 65.8. The average molecular weight is 516 g/mol. The number of nitrogens with zero attached hydrogens (tertiary/aromatic N) is 4. The lowest BCUT2D eigenvalue weighted by Gasteiger charge is -2.19. The van der Waals surface area contributed by atoms with Crippen molar-refractivity contribution in [1.29, 1.82) is 0 Å². The number of hydrogen-bond acceptors (Lipinski definition) is 6. The van der Waals surface area contributed by atoms with Crippen LogP contribution in [0, 0.1) is 0 Å². The van der Waals surface area contributed by atoms with Crippen molar-refractivity contribution in [1.82, 2.24) is 19.2 Å². The molecule has 3 rings (SSSR count). The molecule has 1 aromatic heterocycles. The van der Waals surface area contributed by atoms with Crippen molar-refractivity contribution in [2.45, 2.75) is 24.0 Å². The SMILES string of the molecule is CN(C)CCCNc1nc(CN(C)S(=O)(=O)c2ccc(C(F)(F)F)cc2Cl)nc2ccccc12. The summed E-state index contributed by atoms with van der Waals surface area (Å²) in [4.78, 5) is 10.6. The first-order chi connectivity index (χ1) is 15.9. The minimum atomic E-state index is -4.63. The van der Waals surface area contributed by atoms with Crippen LogP contribution in [0.1, 0.15) is 17.8 Å². The predicted molar refractivity (Wildman–Crippen MR) is 126 cm³/mol. The van der Waals surface area contributed by atoms with E-state index in [1.807, 2.05) is 32.3 Å². The molecule has 0 radical (unpaired) electrons. The Hall–Kier alpha value is -2.47. The molecule has 0 amide bonds. The molecule has 1 N–H and O–H groups in total. The van der Waals surface area contributed by atoms with E-state index in [1.165, 1.54) is 7.05 Å². The smallest absolute Gasteiger partial charge is 0.369 e. The van der Waals surface area contributed by atoms with Gasteiger partial charge in [-0.3, -0.25) is 0 Å². The number of para-hydroxylation sites is 1. The van der Waals surface area contributed by atoms with Gasteiger partial charge in [-0.15, -0.1) is 0 Å². The topological polar surface area (TPSA) is 78.4 Å². The maximum absolute atomic E-state index is 13.0. The highest BCUT2D eigenvalue weighted by molar-refractivity contribution is 7.89. The number of alkyl halides is 3. The summed E-state index contributed by atoms with van der Waals surface area (Å²) >= 11 is 5.91. The molecule has 0 saturated carbocycles. The average Bonchev–Trinajstić information content (AvgIpc) is 2.75. The number of fused-ring (bicyclic) bond motifs is 1. The Morgan fingerprint density at radius 3 is 2.41 bits per heavy atom. The van der Waals surface area contributed by atoms with Gasteiger partial charge in [0.15, 0.2) is 0 Å². The van der Waals surface area contributed by atoms with E-state index < -0.39 is 31.7 Å². The molecule has 3 aromatic rings. The van der Waals surface area contributed by atoms with Crippen LogP contribution in [-0.2, 0) is 22.7 Å². The minimum absolute atomic E-state index is 0.198. The highest BCUT2D eigenvalue weighted by Gasteiger charge is 2.33. The van der Waals surface area contributed by atoms with Gasteiger partial charge in [-0.05, 0) is 57.4 Å². The molecule has 34 heavy (non-hydrogen) atoms. The van der Waals surface area contributed by atoms with Crippen LogP contribution in [0.2, 0.25) is 5.02 Å². The molecule has 0 saturated heterocycles. The number of sulfonamides is 1. The van der Waals surface area contributed by atoms with Gasteiger partial charge in [-0.25, -0.2) is 18.4 Å². The Morgan fingerprint density at radius 2 is 1.76 bits per heavy atom. The van der Waals surface area contributed by atoms with Gasteiger partial charge in [0.2, 0.25) is 10.0 Å². The van der Waals surface area contributed by atoms with Gasteiger partial charge in [0, 0.05) is 19.0 Å². The van der Waals surface area contributed by atoms with Crippen LogP contribution in [0.5, 0.6) is 0 Å². The van der Waals surface area contributed by atoms with Crippen molar-refractivity contribution < 1.29 is 21.6 Å². The zero-order valence-corrected chi connectivity index (χ0v) is 20.5. The van der Waals surface area contributed by atoms with E-state index in [0.717, 1.165) is 28.7 Å². The molecule has 0 aliphatic heterocycles. The normalized spacial score (nSPS) is 12.6. The van der Waals surface area contributed by atoms with Crippen LogP contribution in [0.3, 0.4) is 0 Å². The lowest BCUT2D eigenvalue weighted by molar-refractivity contribution is -0.137. The first-order valence-electron chi connectivity index (χ1n) is 10.4. The van der Waals surface area contributed by atoms with Crippen LogP contribution in [-0.4, -0.2) is 61.8 Å². The molecule has 7 nitrogen and oxygen atoms in total. The third kappa shape index (κ3) is 6.15. The van der Waals surface area contributed by atoms with E-state index in [9.17, 15) is 21.6 Å². The van der Waals surface area contributed by atoms with E-state index in [0.29, 0.717) is 30.0 Å². The zero-order chi connectivity index (χ0) is 25.1. The summed E-state index contributed by atoms with van der Waals surface area (Å²) in [5, 5.41) is 3.57. The second kappa shape index (κ2) is 10.4. The second-order valence-electron chi connectivity index (χ2n) is 7.99. The molecular formula is C22H25ClF3N5O2S. The molecule has 0 atom stereocenters. The molecule has 0 fully saturated rings. The van der Waals surface area contributed by atoms with Gasteiger partial charge in [0.1, 0.15) is 16.5 Å². The van der Waals surface area contributed by atoms with Crippen molar-refractivity contribution in [2.24, 2.45) is 0 Å². The van der Waals surface area contributed by atoms with Crippen LogP contribution in [0.15, 0.2) is 47.4 Å². The highest BCUT2D eigenvalue weighted by atomic mass is 35.5. The second-order valence-corrected chi connectivity index (χ2v) is 10.4. The third-order valence-electron chi connectivity index (χ3n) is 5.04. The van der Waals surface area contributed by atoms with Crippen LogP contribution >= 0.6 is 11.6 Å². The summed E-state index contributed by atoms with van der Waals surface area (Å²) in [5.41, 5.74) is -0.386. The third-order valence-corrected chi connectivity index (χ3v) is 7.32. The fourth-order valence-electron chi connectivity index (χ4n) is 3.27. The van der Waals surface area contributed by atoms with Gasteiger partial charge in [-0.2, -0.15) is 17.5 Å². The summed E-state index contributed by atoms with van der Waals surface area (Å²) in [5.74, 6) is 0.820. The Kier molecular flexibility index (Phi) is 8.02. The molecule has 0 bridgehead atoms. The van der Waals surface area contributed by atoms with E-state index >= 15 is 0 Å². The number of halogens is 4. The summed E-state index contributed by atoms with van der Waals surface area (Å²) in [6.45, 7) is 1.35. The molecule has 184 valence electrons. The van der Waals surface area contributed by atoms with E-state index in [-0.39, 0.29) is 12.4 Å². The minimum Gasteiger partial charge on any atom is -0.369 e. The Labute approximate surface area is 201 Å². The molecule has 1 heterocycles. The van der Waals surface area contributed by atoms with Gasteiger partial charge in [0.25, 0.3) is 0 Å². The highest BCUT2D eigenvalue weighted by Crippen LogP contribution is 2.34. The number of hydrogen-bond donors (Lipinski definition) is 1. The molecule has 12 heteroatoms.